The summed E-state index contributed by atoms with van der Waals surface area (Å²) >= 11 is 2.82. The molecule has 1 aliphatic rings. The third kappa shape index (κ3) is 3.48. The molecule has 0 bridgehead atoms. The Morgan fingerprint density at radius 3 is 2.55 bits per heavy atom. The molecule has 1 amide bonds. The summed E-state index contributed by atoms with van der Waals surface area (Å²) in [6, 6.07) is 23.9. The Kier molecular flexibility index (Phi) is 4.71. The number of anilines is 1. The molecule has 0 atom stereocenters. The lowest BCUT2D eigenvalue weighted by Gasteiger charge is -2.14. The summed E-state index contributed by atoms with van der Waals surface area (Å²) < 4.78 is 0. The van der Waals surface area contributed by atoms with Gasteiger partial charge in [0.05, 0.1) is 10.6 Å². The van der Waals surface area contributed by atoms with E-state index in [1.165, 1.54) is 23.1 Å². The van der Waals surface area contributed by atoms with Crippen LogP contribution in [0.15, 0.2) is 94.3 Å². The Morgan fingerprint density at radius 2 is 1.72 bits per heavy atom. The average molecular weight is 414 g/mol. The van der Waals surface area contributed by atoms with Crippen molar-refractivity contribution in [2.75, 3.05) is 4.90 Å². The minimum Gasteiger partial charge on any atom is -0.268 e. The van der Waals surface area contributed by atoms with Gasteiger partial charge in [-0.3, -0.25) is 9.69 Å². The molecular formula is C23H15N3OS2. The van der Waals surface area contributed by atoms with Crippen molar-refractivity contribution in [3.8, 4) is 0 Å². The fraction of sp³-hybridized carbons (Fsp3) is 0. The standard InChI is InChI=1S/C23H15N3OS2/c27-21-20(15-17-9-6-8-16-7-4-5-12-19(16)17)29-23(25-22-24-13-14-28-22)26(21)18-10-2-1-3-11-18/h1-15H/b20-15-,25-23+. The average Bonchev–Trinajstić information content (AvgIpc) is 3.37. The molecule has 1 aromatic heterocycles. The summed E-state index contributed by atoms with van der Waals surface area (Å²) in [5, 5.41) is 5.39. The SMILES string of the molecule is O=C1/C(=C/c2cccc3ccccc23)S/C(=N/c2nccs2)N1c1ccccc1. The summed E-state index contributed by atoms with van der Waals surface area (Å²) in [5.41, 5.74) is 1.81. The minimum atomic E-state index is -0.0792. The topological polar surface area (TPSA) is 45.6 Å². The molecule has 0 radical (unpaired) electrons. The fourth-order valence-electron chi connectivity index (χ4n) is 3.22. The van der Waals surface area contributed by atoms with E-state index in [2.05, 4.69) is 28.2 Å². The number of amides is 1. The van der Waals surface area contributed by atoms with Gasteiger partial charge in [0.2, 0.25) is 5.13 Å². The van der Waals surface area contributed by atoms with Crippen molar-refractivity contribution < 1.29 is 4.79 Å². The highest BCUT2D eigenvalue weighted by molar-refractivity contribution is 8.19. The highest BCUT2D eigenvalue weighted by Crippen LogP contribution is 2.38. The van der Waals surface area contributed by atoms with Gasteiger partial charge >= 0.3 is 0 Å². The van der Waals surface area contributed by atoms with Gasteiger partial charge in [0.25, 0.3) is 5.91 Å². The Labute approximate surface area is 176 Å². The third-order valence-corrected chi connectivity index (χ3v) is 6.18. The molecule has 6 heteroatoms. The maximum atomic E-state index is 13.3. The monoisotopic (exact) mass is 413 g/mol. The number of rotatable bonds is 3. The number of hydrogen-bond acceptors (Lipinski definition) is 5. The summed E-state index contributed by atoms with van der Waals surface area (Å²) in [5.74, 6) is -0.0792. The van der Waals surface area contributed by atoms with Crippen LogP contribution in [0.2, 0.25) is 0 Å². The van der Waals surface area contributed by atoms with Crippen LogP contribution in [0.3, 0.4) is 0 Å². The number of aromatic nitrogens is 1. The zero-order valence-electron chi connectivity index (χ0n) is 15.2. The Morgan fingerprint density at radius 1 is 0.931 bits per heavy atom. The van der Waals surface area contributed by atoms with Gasteiger partial charge in [-0.15, -0.1) is 11.3 Å². The van der Waals surface area contributed by atoms with Crippen LogP contribution in [0, 0.1) is 0 Å². The lowest BCUT2D eigenvalue weighted by Crippen LogP contribution is -2.28. The highest BCUT2D eigenvalue weighted by Gasteiger charge is 2.35. The first kappa shape index (κ1) is 17.8. The molecule has 5 rings (SSSR count). The van der Waals surface area contributed by atoms with Gasteiger partial charge in [0.1, 0.15) is 0 Å². The Balaban J connectivity index is 1.61. The molecular weight excluding hydrogens is 398 g/mol. The second-order valence-electron chi connectivity index (χ2n) is 6.36. The van der Waals surface area contributed by atoms with Crippen LogP contribution >= 0.6 is 23.1 Å². The first-order chi connectivity index (χ1) is 14.3. The zero-order valence-corrected chi connectivity index (χ0v) is 16.9. The summed E-state index contributed by atoms with van der Waals surface area (Å²) in [7, 11) is 0. The maximum Gasteiger partial charge on any atom is 0.271 e. The molecule has 140 valence electrons. The number of thioether (sulfide) groups is 1. The third-order valence-electron chi connectivity index (χ3n) is 4.54. The lowest BCUT2D eigenvalue weighted by molar-refractivity contribution is -0.113. The number of aliphatic imine (C=N–C) groups is 1. The van der Waals surface area contributed by atoms with Gasteiger partial charge in [-0.1, -0.05) is 60.7 Å². The van der Waals surface area contributed by atoms with Crippen molar-refractivity contribution in [3.63, 3.8) is 0 Å². The van der Waals surface area contributed by atoms with Gasteiger partial charge in [0, 0.05) is 11.6 Å². The van der Waals surface area contributed by atoms with Crippen molar-refractivity contribution in [1.82, 2.24) is 4.98 Å². The summed E-state index contributed by atoms with van der Waals surface area (Å²) in [4.78, 5) is 24.5. The summed E-state index contributed by atoms with van der Waals surface area (Å²) in [6.07, 6.45) is 3.67. The number of carbonyl (C=O) groups excluding carboxylic acids is 1. The van der Waals surface area contributed by atoms with E-state index in [4.69, 9.17) is 0 Å². The molecule has 0 saturated carbocycles. The fourth-order valence-corrected chi connectivity index (χ4v) is 4.76. The number of thiazole rings is 1. The van der Waals surface area contributed by atoms with Crippen LogP contribution in [0.25, 0.3) is 16.8 Å². The van der Waals surface area contributed by atoms with Gasteiger partial charge < -0.3 is 0 Å². The molecule has 0 unspecified atom stereocenters. The summed E-state index contributed by atoms with van der Waals surface area (Å²) in [6.45, 7) is 0. The Hall–Kier alpha value is -3.22. The van der Waals surface area contributed by atoms with Crippen molar-refractivity contribution in [2.24, 2.45) is 4.99 Å². The van der Waals surface area contributed by atoms with Crippen LogP contribution in [-0.2, 0) is 4.79 Å². The predicted octanol–water partition coefficient (Wildman–Crippen LogP) is 6.10. The van der Waals surface area contributed by atoms with E-state index >= 15 is 0 Å². The molecule has 0 spiro atoms. The van der Waals surface area contributed by atoms with E-state index in [0.717, 1.165) is 22.0 Å². The molecule has 1 saturated heterocycles. The number of amidine groups is 1. The van der Waals surface area contributed by atoms with Crippen LogP contribution in [0.1, 0.15) is 5.56 Å². The van der Waals surface area contributed by atoms with Crippen LogP contribution in [-0.4, -0.2) is 16.1 Å². The number of fused-ring (bicyclic) bond motifs is 1. The van der Waals surface area contributed by atoms with E-state index in [9.17, 15) is 4.79 Å². The first-order valence-corrected chi connectivity index (χ1v) is 10.7. The zero-order chi connectivity index (χ0) is 19.6. The number of carbonyl (C=O) groups is 1. The van der Waals surface area contributed by atoms with Crippen molar-refractivity contribution >= 4 is 61.8 Å². The van der Waals surface area contributed by atoms with E-state index in [1.54, 1.807) is 11.1 Å². The van der Waals surface area contributed by atoms with Gasteiger partial charge in [0.15, 0.2) is 5.17 Å². The second kappa shape index (κ2) is 7.66. The van der Waals surface area contributed by atoms with E-state index in [-0.39, 0.29) is 5.91 Å². The molecule has 2 heterocycles. The molecule has 4 nitrogen and oxygen atoms in total. The van der Waals surface area contributed by atoms with Gasteiger partial charge in [-0.05, 0) is 46.3 Å². The number of para-hydroxylation sites is 1. The van der Waals surface area contributed by atoms with E-state index in [1.807, 2.05) is 66.1 Å². The van der Waals surface area contributed by atoms with Gasteiger partial charge in [-0.25, -0.2) is 4.98 Å². The van der Waals surface area contributed by atoms with Gasteiger partial charge in [-0.2, -0.15) is 4.99 Å². The number of nitrogens with zero attached hydrogens (tertiary/aromatic N) is 3. The normalized spacial score (nSPS) is 17.0. The number of hydrogen-bond donors (Lipinski definition) is 0. The number of benzene rings is 3. The van der Waals surface area contributed by atoms with Crippen molar-refractivity contribution in [2.45, 2.75) is 0 Å². The van der Waals surface area contributed by atoms with Crippen molar-refractivity contribution in [1.29, 1.82) is 0 Å². The predicted molar refractivity (Wildman–Crippen MR) is 123 cm³/mol. The minimum absolute atomic E-state index is 0.0792. The lowest BCUT2D eigenvalue weighted by atomic mass is 10.0. The van der Waals surface area contributed by atoms with Crippen molar-refractivity contribution in [3.05, 3.63) is 94.8 Å². The molecule has 1 fully saturated rings. The molecule has 0 aliphatic carbocycles. The van der Waals surface area contributed by atoms with E-state index < -0.39 is 0 Å². The molecule has 3 aromatic carbocycles. The highest BCUT2D eigenvalue weighted by atomic mass is 32.2. The first-order valence-electron chi connectivity index (χ1n) is 9.04. The van der Waals surface area contributed by atoms with Crippen LogP contribution < -0.4 is 4.90 Å². The van der Waals surface area contributed by atoms with Crippen LogP contribution in [0.4, 0.5) is 10.8 Å². The quantitative estimate of drug-likeness (QED) is 0.381. The smallest absolute Gasteiger partial charge is 0.268 e. The maximum absolute atomic E-state index is 13.3. The Bertz CT molecular complexity index is 1240. The largest absolute Gasteiger partial charge is 0.271 e. The molecule has 4 aromatic rings. The van der Waals surface area contributed by atoms with Crippen LogP contribution in [0.5, 0.6) is 0 Å². The molecule has 29 heavy (non-hydrogen) atoms. The second-order valence-corrected chi connectivity index (χ2v) is 8.25. The van der Waals surface area contributed by atoms with E-state index in [0.29, 0.717) is 15.2 Å². The molecule has 1 aliphatic heterocycles. The molecule has 0 N–H and O–H groups in total.